The van der Waals surface area contributed by atoms with E-state index in [9.17, 15) is 37.9 Å². The van der Waals surface area contributed by atoms with Crippen molar-refractivity contribution in [2.75, 3.05) is 19.0 Å². The number of aliphatic hydroxyl groups is 3. The summed E-state index contributed by atoms with van der Waals surface area (Å²) in [5.41, 5.74) is 0. The van der Waals surface area contributed by atoms with Crippen molar-refractivity contribution in [2.45, 2.75) is 288 Å². The molecule has 1 aliphatic heterocycles. The molecule has 0 bridgehead atoms. The van der Waals surface area contributed by atoms with Gasteiger partial charge in [-0.2, -0.15) is 8.42 Å². The van der Waals surface area contributed by atoms with Gasteiger partial charge in [0.1, 0.15) is 36.8 Å². The van der Waals surface area contributed by atoms with Gasteiger partial charge in [-0.1, -0.05) is 212 Å². The lowest BCUT2D eigenvalue weighted by atomic mass is 10.00. The topological polar surface area (TPSA) is 186 Å². The number of hydrogen-bond acceptors (Lipinski definition) is 11. The molecule has 384 valence electrons. The molecule has 12 nitrogen and oxygen atoms in total. The predicted molar refractivity (Wildman–Crippen MR) is 261 cm³/mol. The molecule has 0 spiro atoms. The average molecular weight is 947 g/mol. The molecule has 6 atom stereocenters. The Labute approximate surface area is 396 Å². The van der Waals surface area contributed by atoms with E-state index in [1.807, 2.05) is 0 Å². The maximum absolute atomic E-state index is 12.9. The van der Waals surface area contributed by atoms with Crippen LogP contribution < -0.4 is 0 Å². The second-order valence-electron chi connectivity index (χ2n) is 18.9. The third kappa shape index (κ3) is 37.0. The summed E-state index contributed by atoms with van der Waals surface area (Å²) in [5, 5.41) is 31.0. The third-order valence-electron chi connectivity index (χ3n) is 12.6. The monoisotopic (exact) mass is 947 g/mol. The molecule has 0 amide bonds. The fraction of sp³-hybridized carbons (Fsp3) is 0.923. The van der Waals surface area contributed by atoms with Gasteiger partial charge in [-0.15, -0.1) is 0 Å². The van der Waals surface area contributed by atoms with Gasteiger partial charge in [-0.25, -0.2) is 0 Å². The van der Waals surface area contributed by atoms with Crippen molar-refractivity contribution in [3.05, 3.63) is 12.2 Å². The van der Waals surface area contributed by atoms with Crippen molar-refractivity contribution in [2.24, 2.45) is 0 Å². The lowest BCUT2D eigenvalue weighted by Gasteiger charge is -2.40. The molecule has 1 saturated heterocycles. The van der Waals surface area contributed by atoms with Crippen molar-refractivity contribution in [1.82, 2.24) is 0 Å². The summed E-state index contributed by atoms with van der Waals surface area (Å²) >= 11 is 0. The van der Waals surface area contributed by atoms with Gasteiger partial charge in [0.2, 0.25) is 0 Å². The summed E-state index contributed by atoms with van der Waals surface area (Å²) < 4.78 is 54.2. The number of aliphatic hydroxyl groups excluding tert-OH is 3. The van der Waals surface area contributed by atoms with Crippen LogP contribution in [-0.2, 0) is 38.7 Å². The van der Waals surface area contributed by atoms with Crippen molar-refractivity contribution in [1.29, 1.82) is 0 Å². The molecule has 2 unspecified atom stereocenters. The standard InChI is InChI=1S/C52H98O12S/c1-3-5-7-9-11-13-15-17-19-20-21-22-23-24-25-26-27-29-31-33-35-37-39-41-48(54)63-45(43-62-52-51(57)50(56)49(55)46(64-52)44-65(58,59)60)42-61-47(53)40-38-36-34-32-30-28-18-16-14-12-10-8-6-4-2/h16,18,45-46,49-52,55-57H,3-15,17,19-44H2,1-2H3,(H,58,59,60)/b18-16+/t45-,46-,49-,50?,51?,52+/m1/s1. The Kier molecular flexibility index (Phi) is 40.1. The van der Waals surface area contributed by atoms with Gasteiger partial charge in [0, 0.05) is 12.8 Å². The molecule has 1 rings (SSSR count). The first-order valence-corrected chi connectivity index (χ1v) is 28.4. The maximum Gasteiger partial charge on any atom is 0.306 e. The average Bonchev–Trinajstić information content (AvgIpc) is 3.27. The van der Waals surface area contributed by atoms with Crippen LogP contribution in [0.3, 0.4) is 0 Å². The SMILES string of the molecule is CCCCCCC/C=C/CCCCCCCC(=O)OC[C@H](CO[C@H]1O[C@H](CS(=O)(=O)O)[C@@H](O)C(O)C1O)OC(=O)CCCCCCCCCCCCCCCCCCCCCCCCC. The number of carbonyl (C=O) groups is 2. The first-order chi connectivity index (χ1) is 31.5. The Morgan fingerprint density at radius 2 is 0.877 bits per heavy atom. The molecule has 1 heterocycles. The van der Waals surface area contributed by atoms with Gasteiger partial charge in [-0.05, 0) is 38.5 Å². The Morgan fingerprint density at radius 1 is 0.508 bits per heavy atom. The van der Waals surface area contributed by atoms with Gasteiger partial charge >= 0.3 is 11.9 Å². The molecule has 13 heteroatoms. The van der Waals surface area contributed by atoms with E-state index in [1.165, 1.54) is 154 Å². The van der Waals surface area contributed by atoms with Crippen molar-refractivity contribution < 1.29 is 56.8 Å². The molecule has 4 N–H and O–H groups in total. The molecule has 0 aromatic rings. The predicted octanol–water partition coefficient (Wildman–Crippen LogP) is 12.2. The fourth-order valence-corrected chi connectivity index (χ4v) is 9.13. The first-order valence-electron chi connectivity index (χ1n) is 26.7. The first kappa shape index (κ1) is 61.4. The highest BCUT2D eigenvalue weighted by molar-refractivity contribution is 7.85. The lowest BCUT2D eigenvalue weighted by molar-refractivity contribution is -0.297. The molecule has 0 radical (unpaired) electrons. The van der Waals surface area contributed by atoms with Crippen molar-refractivity contribution in [3.8, 4) is 0 Å². The second-order valence-corrected chi connectivity index (χ2v) is 20.4. The van der Waals surface area contributed by atoms with E-state index < -0.39 is 71.2 Å². The second kappa shape index (κ2) is 42.5. The smallest absolute Gasteiger partial charge is 0.306 e. The summed E-state index contributed by atoms with van der Waals surface area (Å²) in [7, 11) is -4.60. The van der Waals surface area contributed by atoms with Gasteiger partial charge < -0.3 is 34.3 Å². The molecule has 0 aromatic carbocycles. The summed E-state index contributed by atoms with van der Waals surface area (Å²) in [6, 6.07) is 0. The fourth-order valence-electron chi connectivity index (χ4n) is 8.44. The Bertz CT molecular complexity index is 1250. The number of unbranched alkanes of at least 4 members (excludes halogenated alkanes) is 32. The van der Waals surface area contributed by atoms with E-state index >= 15 is 0 Å². The van der Waals surface area contributed by atoms with E-state index in [0.717, 1.165) is 57.8 Å². The van der Waals surface area contributed by atoms with Crippen LogP contribution in [0.4, 0.5) is 0 Å². The summed E-state index contributed by atoms with van der Waals surface area (Å²) in [6.45, 7) is 3.79. The Balaban J connectivity index is 2.32. The third-order valence-corrected chi connectivity index (χ3v) is 13.3. The number of hydrogen-bond donors (Lipinski definition) is 4. The zero-order valence-electron chi connectivity index (χ0n) is 41.4. The summed E-state index contributed by atoms with van der Waals surface area (Å²) in [5.74, 6) is -1.97. The zero-order chi connectivity index (χ0) is 47.6. The normalized spacial score (nSPS) is 19.5. The summed E-state index contributed by atoms with van der Waals surface area (Å²) in [4.78, 5) is 25.5. The van der Waals surface area contributed by atoms with E-state index in [-0.39, 0.29) is 19.4 Å². The minimum absolute atomic E-state index is 0.169. The van der Waals surface area contributed by atoms with Crippen LogP contribution in [0.15, 0.2) is 12.2 Å². The minimum Gasteiger partial charge on any atom is -0.462 e. The highest BCUT2D eigenvalue weighted by Crippen LogP contribution is 2.24. The molecule has 0 aromatic heterocycles. The van der Waals surface area contributed by atoms with Crippen LogP contribution in [0.1, 0.15) is 251 Å². The van der Waals surface area contributed by atoms with Crippen LogP contribution in [0.5, 0.6) is 0 Å². The quantitative estimate of drug-likeness (QED) is 0.0196. The highest BCUT2D eigenvalue weighted by Gasteiger charge is 2.46. The molecular weight excluding hydrogens is 849 g/mol. The molecule has 1 aliphatic rings. The van der Waals surface area contributed by atoms with Crippen molar-refractivity contribution in [3.63, 3.8) is 0 Å². The maximum atomic E-state index is 12.9. The number of ether oxygens (including phenoxy) is 4. The van der Waals surface area contributed by atoms with Gasteiger partial charge in [0.05, 0.1) is 6.61 Å². The van der Waals surface area contributed by atoms with E-state index in [0.29, 0.717) is 12.8 Å². The van der Waals surface area contributed by atoms with Gasteiger partial charge in [-0.3, -0.25) is 14.1 Å². The molecule has 0 saturated carbocycles. The van der Waals surface area contributed by atoms with E-state index in [4.69, 9.17) is 18.9 Å². The van der Waals surface area contributed by atoms with Crippen LogP contribution in [0.25, 0.3) is 0 Å². The van der Waals surface area contributed by atoms with E-state index in [1.54, 1.807) is 0 Å². The number of allylic oxidation sites excluding steroid dienone is 2. The van der Waals surface area contributed by atoms with Crippen LogP contribution in [0, 0.1) is 0 Å². The van der Waals surface area contributed by atoms with Crippen LogP contribution >= 0.6 is 0 Å². The minimum atomic E-state index is -4.60. The van der Waals surface area contributed by atoms with Gasteiger partial charge in [0.25, 0.3) is 10.1 Å². The molecular formula is C52H98O12S. The van der Waals surface area contributed by atoms with Gasteiger partial charge in [0.15, 0.2) is 12.4 Å². The Hall–Kier alpha value is -1.61. The Morgan fingerprint density at radius 3 is 1.28 bits per heavy atom. The van der Waals surface area contributed by atoms with Crippen molar-refractivity contribution >= 4 is 22.1 Å². The number of rotatable bonds is 46. The largest absolute Gasteiger partial charge is 0.462 e. The zero-order valence-corrected chi connectivity index (χ0v) is 42.2. The summed E-state index contributed by atoms with van der Waals surface area (Å²) in [6.07, 6.45) is 38.3. The molecule has 0 aliphatic carbocycles. The van der Waals surface area contributed by atoms with Crippen LogP contribution in [-0.4, -0.2) is 96.0 Å². The number of carbonyl (C=O) groups excluding carboxylic acids is 2. The molecule has 65 heavy (non-hydrogen) atoms. The van der Waals surface area contributed by atoms with Crippen LogP contribution in [0.2, 0.25) is 0 Å². The van der Waals surface area contributed by atoms with E-state index in [2.05, 4.69) is 26.0 Å². The molecule has 1 fully saturated rings. The number of esters is 2. The highest BCUT2D eigenvalue weighted by atomic mass is 32.2. The lowest BCUT2D eigenvalue weighted by Crippen LogP contribution is -2.60.